The Morgan fingerprint density at radius 1 is 1.42 bits per heavy atom. The van der Waals surface area contributed by atoms with Crippen molar-refractivity contribution in [1.82, 2.24) is 4.90 Å². The fraction of sp³-hybridized carbons (Fsp3) is 0.533. The second-order valence-electron chi connectivity index (χ2n) is 5.94. The van der Waals surface area contributed by atoms with E-state index in [0.717, 1.165) is 11.1 Å². The summed E-state index contributed by atoms with van der Waals surface area (Å²) in [6, 6.07) is 4.66. The number of rotatable bonds is 0. The Morgan fingerprint density at radius 2 is 2.11 bits per heavy atom. The second kappa shape index (κ2) is 4.83. The van der Waals surface area contributed by atoms with Gasteiger partial charge in [0.25, 0.3) is 0 Å². The monoisotopic (exact) mass is 265 g/mol. The third-order valence-corrected chi connectivity index (χ3v) is 3.27. The molecule has 1 aliphatic heterocycles. The van der Waals surface area contributed by atoms with Crippen LogP contribution in [0.3, 0.4) is 0 Å². The molecule has 1 heterocycles. The summed E-state index contributed by atoms with van der Waals surface area (Å²) < 4.78 is 18.6. The summed E-state index contributed by atoms with van der Waals surface area (Å²) in [6.07, 6.45) is 0.353. The van der Waals surface area contributed by atoms with Crippen molar-refractivity contribution in [2.24, 2.45) is 0 Å². The molecule has 1 aromatic carbocycles. The van der Waals surface area contributed by atoms with Crippen LogP contribution in [0.1, 0.15) is 44.9 Å². The van der Waals surface area contributed by atoms with Crippen LogP contribution in [0.2, 0.25) is 0 Å². The van der Waals surface area contributed by atoms with Gasteiger partial charge in [0.05, 0.1) is 6.04 Å². The normalized spacial score (nSPS) is 19.0. The number of halogens is 1. The minimum Gasteiger partial charge on any atom is -0.444 e. The molecule has 1 unspecified atom stereocenters. The first-order chi connectivity index (χ1) is 8.78. The lowest BCUT2D eigenvalue weighted by molar-refractivity contribution is 0.0159. The molecule has 4 heteroatoms. The smallest absolute Gasteiger partial charge is 0.410 e. The number of fused-ring (bicyclic) bond motifs is 1. The summed E-state index contributed by atoms with van der Waals surface area (Å²) in [4.78, 5) is 13.8. The lowest BCUT2D eigenvalue weighted by atomic mass is 9.94. The van der Waals surface area contributed by atoms with E-state index in [9.17, 15) is 9.18 Å². The van der Waals surface area contributed by atoms with Gasteiger partial charge in [0.2, 0.25) is 0 Å². The van der Waals surface area contributed by atoms with Crippen LogP contribution in [-0.2, 0) is 11.2 Å². The van der Waals surface area contributed by atoms with Gasteiger partial charge in [-0.3, -0.25) is 0 Å². The van der Waals surface area contributed by atoms with Crippen LogP contribution in [0.25, 0.3) is 0 Å². The van der Waals surface area contributed by atoms with Crippen molar-refractivity contribution in [3.8, 4) is 0 Å². The van der Waals surface area contributed by atoms with E-state index in [1.165, 1.54) is 6.07 Å². The summed E-state index contributed by atoms with van der Waals surface area (Å²) in [6.45, 7) is 8.06. The van der Waals surface area contributed by atoms with Gasteiger partial charge in [-0.1, -0.05) is 6.07 Å². The summed E-state index contributed by atoms with van der Waals surface area (Å²) in [5, 5.41) is 0. The molecule has 0 N–H and O–H groups in total. The zero-order valence-corrected chi connectivity index (χ0v) is 11.9. The van der Waals surface area contributed by atoms with Gasteiger partial charge < -0.3 is 9.64 Å². The first-order valence-corrected chi connectivity index (χ1v) is 6.56. The topological polar surface area (TPSA) is 29.5 Å². The van der Waals surface area contributed by atoms with Crippen molar-refractivity contribution in [2.45, 2.75) is 45.8 Å². The van der Waals surface area contributed by atoms with Gasteiger partial charge in [-0.05, 0) is 57.4 Å². The highest BCUT2D eigenvalue weighted by atomic mass is 19.1. The molecule has 1 aromatic rings. The maximum absolute atomic E-state index is 13.2. The van der Waals surface area contributed by atoms with Crippen LogP contribution in [0.4, 0.5) is 9.18 Å². The SMILES string of the molecule is CC1c2ccc(F)cc2CCN1C(=O)OC(C)(C)C. The number of benzene rings is 1. The Morgan fingerprint density at radius 3 is 2.74 bits per heavy atom. The zero-order chi connectivity index (χ0) is 14.2. The number of ether oxygens (including phenoxy) is 1. The van der Waals surface area contributed by atoms with Gasteiger partial charge in [-0.25, -0.2) is 9.18 Å². The highest BCUT2D eigenvalue weighted by molar-refractivity contribution is 5.69. The standard InChI is InChI=1S/C15H20FNO2/c1-10-13-6-5-12(16)9-11(13)7-8-17(10)14(18)19-15(2,3)4/h5-6,9-10H,7-8H2,1-4H3. The van der Waals surface area contributed by atoms with E-state index in [0.29, 0.717) is 13.0 Å². The molecule has 0 aromatic heterocycles. The molecule has 0 radical (unpaired) electrons. The Labute approximate surface area is 113 Å². The number of carbonyl (C=O) groups excluding carboxylic acids is 1. The number of amides is 1. The highest BCUT2D eigenvalue weighted by Gasteiger charge is 2.30. The largest absolute Gasteiger partial charge is 0.444 e. The predicted octanol–water partition coefficient (Wildman–Crippen LogP) is 3.68. The van der Waals surface area contributed by atoms with Gasteiger partial charge in [-0.15, -0.1) is 0 Å². The van der Waals surface area contributed by atoms with E-state index in [-0.39, 0.29) is 18.0 Å². The van der Waals surface area contributed by atoms with E-state index in [4.69, 9.17) is 4.74 Å². The van der Waals surface area contributed by atoms with Crippen LogP contribution in [0.15, 0.2) is 18.2 Å². The average Bonchev–Trinajstić information content (AvgIpc) is 2.26. The number of hydrogen-bond acceptors (Lipinski definition) is 2. The van der Waals surface area contributed by atoms with Gasteiger partial charge in [0.1, 0.15) is 11.4 Å². The maximum atomic E-state index is 13.2. The fourth-order valence-corrected chi connectivity index (χ4v) is 2.37. The van der Waals surface area contributed by atoms with Crippen LogP contribution in [0.5, 0.6) is 0 Å². The zero-order valence-electron chi connectivity index (χ0n) is 11.9. The summed E-state index contributed by atoms with van der Waals surface area (Å²) in [5.41, 5.74) is 1.48. The van der Waals surface area contributed by atoms with Gasteiger partial charge in [0, 0.05) is 6.54 Å². The first-order valence-electron chi connectivity index (χ1n) is 6.56. The highest BCUT2D eigenvalue weighted by Crippen LogP contribution is 2.30. The molecule has 3 nitrogen and oxygen atoms in total. The van der Waals surface area contributed by atoms with Crippen molar-refractivity contribution < 1.29 is 13.9 Å². The number of hydrogen-bond donors (Lipinski definition) is 0. The second-order valence-corrected chi connectivity index (χ2v) is 5.94. The molecule has 0 saturated carbocycles. The van der Waals surface area contributed by atoms with Crippen LogP contribution < -0.4 is 0 Å². The van der Waals surface area contributed by atoms with Crippen LogP contribution in [0, 0.1) is 5.82 Å². The molecule has 1 aliphatic rings. The number of carbonyl (C=O) groups is 1. The summed E-state index contributed by atoms with van der Waals surface area (Å²) >= 11 is 0. The molecular weight excluding hydrogens is 245 g/mol. The summed E-state index contributed by atoms with van der Waals surface area (Å²) in [7, 11) is 0. The Kier molecular flexibility index (Phi) is 3.52. The van der Waals surface area contributed by atoms with Crippen LogP contribution >= 0.6 is 0 Å². The molecule has 0 fully saturated rings. The minimum atomic E-state index is -0.500. The third-order valence-electron chi connectivity index (χ3n) is 3.27. The van der Waals surface area contributed by atoms with E-state index in [2.05, 4.69) is 0 Å². The molecule has 2 rings (SSSR count). The van der Waals surface area contributed by atoms with E-state index < -0.39 is 5.60 Å². The van der Waals surface area contributed by atoms with Crippen molar-refractivity contribution in [2.75, 3.05) is 6.54 Å². The summed E-state index contributed by atoms with van der Waals surface area (Å²) in [5.74, 6) is -0.225. The molecule has 19 heavy (non-hydrogen) atoms. The molecule has 1 atom stereocenters. The molecule has 1 amide bonds. The van der Waals surface area contributed by atoms with E-state index in [1.54, 1.807) is 17.0 Å². The number of nitrogens with zero attached hydrogens (tertiary/aromatic N) is 1. The molecular formula is C15H20FNO2. The van der Waals surface area contributed by atoms with Crippen molar-refractivity contribution in [3.05, 3.63) is 35.1 Å². The van der Waals surface area contributed by atoms with Gasteiger partial charge >= 0.3 is 6.09 Å². The van der Waals surface area contributed by atoms with E-state index >= 15 is 0 Å². The predicted molar refractivity (Wildman–Crippen MR) is 71.5 cm³/mol. The molecule has 104 valence electrons. The molecule has 0 aliphatic carbocycles. The van der Waals surface area contributed by atoms with Crippen LogP contribution in [-0.4, -0.2) is 23.1 Å². The van der Waals surface area contributed by atoms with Gasteiger partial charge in [0.15, 0.2) is 0 Å². The van der Waals surface area contributed by atoms with Crippen molar-refractivity contribution in [3.63, 3.8) is 0 Å². The average molecular weight is 265 g/mol. The lowest BCUT2D eigenvalue weighted by Gasteiger charge is -2.36. The Bertz CT molecular complexity index is 493. The van der Waals surface area contributed by atoms with E-state index in [1.807, 2.05) is 27.7 Å². The fourth-order valence-electron chi connectivity index (χ4n) is 2.37. The first kappa shape index (κ1) is 13.8. The molecule has 0 spiro atoms. The molecule has 0 saturated heterocycles. The Hall–Kier alpha value is -1.58. The lowest BCUT2D eigenvalue weighted by Crippen LogP contribution is -2.42. The maximum Gasteiger partial charge on any atom is 0.410 e. The Balaban J connectivity index is 2.19. The van der Waals surface area contributed by atoms with Gasteiger partial charge in [-0.2, -0.15) is 0 Å². The third kappa shape index (κ3) is 3.06. The quantitative estimate of drug-likeness (QED) is 0.716. The minimum absolute atomic E-state index is 0.0841. The van der Waals surface area contributed by atoms with Crippen molar-refractivity contribution >= 4 is 6.09 Å². The van der Waals surface area contributed by atoms with Crippen molar-refractivity contribution in [1.29, 1.82) is 0 Å². The molecule has 0 bridgehead atoms.